The first kappa shape index (κ1) is 13.4. The summed E-state index contributed by atoms with van der Waals surface area (Å²) in [5, 5.41) is 27.3. The Kier molecular flexibility index (Phi) is 4.84. The van der Waals surface area contributed by atoms with E-state index in [1.165, 1.54) is 19.3 Å². The summed E-state index contributed by atoms with van der Waals surface area (Å²) in [6.07, 6.45) is 1.09. The van der Waals surface area contributed by atoms with Crippen molar-refractivity contribution in [2.75, 3.05) is 13.7 Å². The SMILES string of the molecule is COC(=O)/C=C/C1=C[C@H](O)[C@@H](CO)O[C@H]1C#N. The van der Waals surface area contributed by atoms with Gasteiger partial charge in [0.05, 0.1) is 19.8 Å². The zero-order valence-electron chi connectivity index (χ0n) is 9.24. The molecule has 1 aliphatic heterocycles. The zero-order valence-corrected chi connectivity index (χ0v) is 9.24. The van der Waals surface area contributed by atoms with Crippen molar-refractivity contribution in [2.45, 2.75) is 18.3 Å². The fraction of sp³-hybridized carbons (Fsp3) is 0.455. The Bertz CT molecular complexity index is 382. The van der Waals surface area contributed by atoms with Crippen LogP contribution in [0.1, 0.15) is 0 Å². The Hall–Kier alpha value is -1.68. The Labute approximate surface area is 98.4 Å². The molecular weight excluding hydrogens is 226 g/mol. The van der Waals surface area contributed by atoms with Gasteiger partial charge in [-0.3, -0.25) is 0 Å². The highest BCUT2D eigenvalue weighted by Crippen LogP contribution is 2.20. The van der Waals surface area contributed by atoms with Crippen LogP contribution in [0.4, 0.5) is 0 Å². The summed E-state index contributed by atoms with van der Waals surface area (Å²) in [5.74, 6) is -0.568. The minimum absolute atomic E-state index is 0.357. The fourth-order valence-electron chi connectivity index (χ4n) is 1.36. The van der Waals surface area contributed by atoms with Gasteiger partial charge in [0, 0.05) is 6.08 Å². The van der Waals surface area contributed by atoms with E-state index in [1.807, 2.05) is 6.07 Å². The van der Waals surface area contributed by atoms with Gasteiger partial charge in [-0.2, -0.15) is 5.26 Å². The van der Waals surface area contributed by atoms with E-state index in [2.05, 4.69) is 4.74 Å². The number of hydrogen-bond acceptors (Lipinski definition) is 6. The van der Waals surface area contributed by atoms with Crippen molar-refractivity contribution in [2.24, 2.45) is 0 Å². The van der Waals surface area contributed by atoms with Gasteiger partial charge in [-0.15, -0.1) is 0 Å². The third-order valence-electron chi connectivity index (χ3n) is 2.27. The second kappa shape index (κ2) is 6.15. The molecule has 0 saturated heterocycles. The zero-order chi connectivity index (χ0) is 12.8. The van der Waals surface area contributed by atoms with E-state index < -0.39 is 24.3 Å². The molecule has 0 amide bonds. The van der Waals surface area contributed by atoms with Gasteiger partial charge in [0.25, 0.3) is 0 Å². The largest absolute Gasteiger partial charge is 0.466 e. The third kappa shape index (κ3) is 3.39. The number of nitrogens with zero attached hydrogens (tertiary/aromatic N) is 1. The number of nitriles is 1. The second-order valence-electron chi connectivity index (χ2n) is 3.38. The van der Waals surface area contributed by atoms with Crippen molar-refractivity contribution in [3.8, 4) is 6.07 Å². The van der Waals surface area contributed by atoms with Crippen LogP contribution in [0.5, 0.6) is 0 Å². The van der Waals surface area contributed by atoms with Crippen LogP contribution in [0.2, 0.25) is 0 Å². The molecule has 17 heavy (non-hydrogen) atoms. The normalized spacial score (nSPS) is 28.6. The summed E-state index contributed by atoms with van der Waals surface area (Å²) in [6, 6.07) is 1.86. The smallest absolute Gasteiger partial charge is 0.330 e. The molecule has 0 aromatic rings. The molecule has 0 bridgehead atoms. The molecule has 6 nitrogen and oxygen atoms in total. The average Bonchev–Trinajstić information content (AvgIpc) is 2.35. The van der Waals surface area contributed by atoms with Gasteiger partial charge in [0.2, 0.25) is 0 Å². The van der Waals surface area contributed by atoms with E-state index >= 15 is 0 Å². The van der Waals surface area contributed by atoms with Crippen LogP contribution in [0.25, 0.3) is 0 Å². The molecule has 0 saturated carbocycles. The number of carbonyl (C=O) groups excluding carboxylic acids is 1. The Morgan fingerprint density at radius 1 is 1.76 bits per heavy atom. The van der Waals surface area contributed by atoms with Gasteiger partial charge in [0.1, 0.15) is 12.2 Å². The van der Waals surface area contributed by atoms with Crippen LogP contribution in [-0.2, 0) is 14.3 Å². The molecule has 3 atom stereocenters. The minimum Gasteiger partial charge on any atom is -0.466 e. The molecule has 6 heteroatoms. The number of hydrogen-bond donors (Lipinski definition) is 2. The predicted octanol–water partition coefficient (Wildman–Crippen LogP) is -0.714. The molecule has 0 spiro atoms. The first-order chi connectivity index (χ1) is 8.12. The molecule has 1 rings (SSSR count). The Morgan fingerprint density at radius 2 is 2.47 bits per heavy atom. The van der Waals surface area contributed by atoms with Gasteiger partial charge in [-0.1, -0.05) is 0 Å². The molecule has 92 valence electrons. The lowest BCUT2D eigenvalue weighted by Gasteiger charge is -2.28. The third-order valence-corrected chi connectivity index (χ3v) is 2.27. The number of ether oxygens (including phenoxy) is 2. The highest BCUT2D eigenvalue weighted by atomic mass is 16.5. The first-order valence-corrected chi connectivity index (χ1v) is 4.94. The van der Waals surface area contributed by atoms with Crippen LogP contribution < -0.4 is 0 Å². The summed E-state index contributed by atoms with van der Waals surface area (Å²) >= 11 is 0. The van der Waals surface area contributed by atoms with Gasteiger partial charge in [0.15, 0.2) is 6.10 Å². The van der Waals surface area contributed by atoms with E-state index in [4.69, 9.17) is 15.1 Å². The lowest BCUT2D eigenvalue weighted by atomic mass is 10.0. The van der Waals surface area contributed by atoms with Crippen molar-refractivity contribution in [3.05, 3.63) is 23.8 Å². The van der Waals surface area contributed by atoms with Crippen LogP contribution in [-0.4, -0.2) is 48.2 Å². The first-order valence-electron chi connectivity index (χ1n) is 4.94. The molecule has 0 aliphatic carbocycles. The highest BCUT2D eigenvalue weighted by Gasteiger charge is 2.29. The summed E-state index contributed by atoms with van der Waals surface area (Å²) in [5.41, 5.74) is 0.357. The molecule has 1 heterocycles. The monoisotopic (exact) mass is 239 g/mol. The molecule has 0 radical (unpaired) electrons. The molecule has 0 fully saturated rings. The number of aliphatic hydroxyl groups is 2. The van der Waals surface area contributed by atoms with E-state index in [0.29, 0.717) is 5.57 Å². The van der Waals surface area contributed by atoms with Crippen molar-refractivity contribution < 1.29 is 24.5 Å². The summed E-state index contributed by atoms with van der Waals surface area (Å²) in [4.78, 5) is 10.9. The van der Waals surface area contributed by atoms with E-state index in [0.717, 1.165) is 6.08 Å². The van der Waals surface area contributed by atoms with Crippen LogP contribution in [0.3, 0.4) is 0 Å². The van der Waals surface area contributed by atoms with E-state index in [1.54, 1.807) is 0 Å². The van der Waals surface area contributed by atoms with Gasteiger partial charge in [-0.25, -0.2) is 4.79 Å². The Morgan fingerprint density at radius 3 is 3.00 bits per heavy atom. The number of rotatable bonds is 3. The van der Waals surface area contributed by atoms with E-state index in [9.17, 15) is 9.90 Å². The topological polar surface area (TPSA) is 99.8 Å². The maximum atomic E-state index is 10.9. The maximum Gasteiger partial charge on any atom is 0.330 e. The predicted molar refractivity (Wildman–Crippen MR) is 56.6 cm³/mol. The van der Waals surface area contributed by atoms with Crippen LogP contribution in [0.15, 0.2) is 23.8 Å². The lowest BCUT2D eigenvalue weighted by Crippen LogP contribution is -2.39. The van der Waals surface area contributed by atoms with Gasteiger partial charge in [-0.05, 0) is 17.7 Å². The molecule has 0 aromatic carbocycles. The number of carbonyl (C=O) groups is 1. The van der Waals surface area contributed by atoms with Gasteiger partial charge >= 0.3 is 5.97 Å². The summed E-state index contributed by atoms with van der Waals surface area (Å²) in [6.45, 7) is -0.385. The standard InChI is InChI=1S/C11H13NO5/c1-16-11(15)3-2-7-4-8(14)10(6-13)17-9(7)5-12/h2-4,8-10,13-14H,6H2,1H3/b3-2+/t8-,9-,10+/m0/s1. The fourth-order valence-corrected chi connectivity index (χ4v) is 1.36. The minimum atomic E-state index is -1.01. The summed E-state index contributed by atoms with van der Waals surface area (Å²) in [7, 11) is 1.23. The molecule has 2 N–H and O–H groups in total. The number of esters is 1. The van der Waals surface area contributed by atoms with Crippen molar-refractivity contribution in [3.63, 3.8) is 0 Å². The summed E-state index contributed by atoms with van der Waals surface area (Å²) < 4.78 is 9.54. The van der Waals surface area contributed by atoms with Crippen molar-refractivity contribution in [1.82, 2.24) is 0 Å². The average molecular weight is 239 g/mol. The number of aliphatic hydroxyl groups excluding tert-OH is 2. The maximum absolute atomic E-state index is 10.9. The lowest BCUT2D eigenvalue weighted by molar-refractivity contribution is -0.134. The van der Waals surface area contributed by atoms with Crippen molar-refractivity contribution in [1.29, 1.82) is 5.26 Å². The van der Waals surface area contributed by atoms with E-state index in [-0.39, 0.29) is 6.61 Å². The molecule has 0 unspecified atom stereocenters. The number of methoxy groups -OCH3 is 1. The Balaban J connectivity index is 2.86. The molecular formula is C11H13NO5. The molecule has 0 aromatic heterocycles. The van der Waals surface area contributed by atoms with Gasteiger partial charge < -0.3 is 19.7 Å². The highest BCUT2D eigenvalue weighted by molar-refractivity contribution is 5.82. The van der Waals surface area contributed by atoms with Crippen LogP contribution in [0, 0.1) is 11.3 Å². The van der Waals surface area contributed by atoms with Crippen LogP contribution >= 0.6 is 0 Å². The molecule has 1 aliphatic rings. The van der Waals surface area contributed by atoms with Crippen molar-refractivity contribution >= 4 is 5.97 Å². The quantitative estimate of drug-likeness (QED) is 0.498. The second-order valence-corrected chi connectivity index (χ2v) is 3.38.